The first-order valence-corrected chi connectivity index (χ1v) is 13.3. The number of methoxy groups -OCH3 is 2. The van der Waals surface area contributed by atoms with Crippen LogP contribution in [0.2, 0.25) is 10.0 Å². The number of nitrogens with zero attached hydrogens (tertiary/aromatic N) is 2. The molecule has 0 aliphatic carbocycles. The average Bonchev–Trinajstić information content (AvgIpc) is 3.33. The van der Waals surface area contributed by atoms with Crippen LogP contribution in [0, 0.1) is 5.82 Å². The van der Waals surface area contributed by atoms with E-state index in [4.69, 9.17) is 42.4 Å². The van der Waals surface area contributed by atoms with Crippen LogP contribution in [0.5, 0.6) is 17.2 Å². The van der Waals surface area contributed by atoms with Gasteiger partial charge in [-0.15, -0.1) is 0 Å². The molecule has 0 amide bonds. The molecule has 0 aliphatic rings. The van der Waals surface area contributed by atoms with E-state index in [0.29, 0.717) is 39.7 Å². The molecule has 0 spiro atoms. The van der Waals surface area contributed by atoms with E-state index in [0.717, 1.165) is 22.1 Å². The number of rotatable bonds is 10. The second-order valence-electron chi connectivity index (χ2n) is 8.71. The van der Waals surface area contributed by atoms with Crippen LogP contribution < -0.4 is 14.2 Å². The number of thioether (sulfide) groups is 1. The average molecular weight is 562 g/mol. The van der Waals surface area contributed by atoms with Crippen molar-refractivity contribution in [3.05, 3.63) is 94.0 Å². The number of halogens is 3. The third-order valence-electron chi connectivity index (χ3n) is 6.03. The van der Waals surface area contributed by atoms with Crippen molar-refractivity contribution in [3.8, 4) is 22.9 Å². The Hall–Kier alpha value is -2.87. The normalized spacial score (nSPS) is 11.4. The van der Waals surface area contributed by atoms with E-state index in [-0.39, 0.29) is 5.82 Å². The number of ether oxygens (including phenoxy) is 3. The van der Waals surface area contributed by atoms with E-state index in [1.165, 1.54) is 12.1 Å². The predicted molar refractivity (Wildman–Crippen MR) is 148 cm³/mol. The summed E-state index contributed by atoms with van der Waals surface area (Å²) < 4.78 is 32.3. The summed E-state index contributed by atoms with van der Waals surface area (Å²) in [6.07, 6.45) is 1.85. The fraction of sp³-hybridized carbons (Fsp3) is 0.250. The quantitative estimate of drug-likeness (QED) is 0.146. The van der Waals surface area contributed by atoms with Crippen molar-refractivity contribution >= 4 is 35.0 Å². The van der Waals surface area contributed by atoms with Gasteiger partial charge in [-0.05, 0) is 54.1 Å². The van der Waals surface area contributed by atoms with Crippen LogP contribution in [0.4, 0.5) is 4.39 Å². The Bertz CT molecular complexity index is 1380. The molecule has 0 saturated carbocycles. The fourth-order valence-electron chi connectivity index (χ4n) is 3.95. The Morgan fingerprint density at radius 2 is 1.65 bits per heavy atom. The molecular formula is C28H27Cl2FN2O3S. The molecule has 0 fully saturated rings. The molecule has 1 heterocycles. The van der Waals surface area contributed by atoms with Crippen molar-refractivity contribution in [2.75, 3.05) is 26.6 Å². The second kappa shape index (κ2) is 11.7. The summed E-state index contributed by atoms with van der Waals surface area (Å²) in [5.74, 6) is 2.27. The smallest absolute Gasteiger partial charge is 0.172 e. The SMILES string of the molecule is COc1ccc(OCCSc2ncc(C(C)(C)c3ccc(Cl)c(Cl)c3)n2-c2ccc(F)cc2)cc1OC. The van der Waals surface area contributed by atoms with Crippen LogP contribution in [0.1, 0.15) is 25.1 Å². The van der Waals surface area contributed by atoms with Gasteiger partial charge < -0.3 is 14.2 Å². The number of benzene rings is 3. The van der Waals surface area contributed by atoms with E-state index in [1.54, 1.807) is 56.3 Å². The summed E-state index contributed by atoms with van der Waals surface area (Å²) in [6, 6.07) is 17.4. The third-order valence-corrected chi connectivity index (χ3v) is 7.69. The van der Waals surface area contributed by atoms with E-state index in [2.05, 4.69) is 13.8 Å². The van der Waals surface area contributed by atoms with Crippen molar-refractivity contribution in [1.29, 1.82) is 0 Å². The van der Waals surface area contributed by atoms with E-state index in [9.17, 15) is 4.39 Å². The Kier molecular flexibility index (Phi) is 8.57. The van der Waals surface area contributed by atoms with E-state index < -0.39 is 5.41 Å². The standard InChI is InChI=1S/C28H27Cl2FN2O3S/c1-28(2,18-5-11-22(29)23(30)15-18)26-17-32-27(33(26)20-8-6-19(31)7-9-20)37-14-13-36-21-10-12-24(34-3)25(16-21)35-4/h5-12,15-17H,13-14H2,1-4H3. The highest BCUT2D eigenvalue weighted by molar-refractivity contribution is 7.99. The third kappa shape index (κ3) is 6.00. The van der Waals surface area contributed by atoms with Gasteiger partial charge >= 0.3 is 0 Å². The number of hydrogen-bond donors (Lipinski definition) is 0. The van der Waals surface area contributed by atoms with Crippen molar-refractivity contribution in [2.24, 2.45) is 0 Å². The van der Waals surface area contributed by atoms with Crippen molar-refractivity contribution in [3.63, 3.8) is 0 Å². The molecule has 3 aromatic carbocycles. The van der Waals surface area contributed by atoms with Gasteiger partial charge in [0.15, 0.2) is 16.7 Å². The Morgan fingerprint density at radius 1 is 0.919 bits per heavy atom. The van der Waals surface area contributed by atoms with Gasteiger partial charge in [-0.2, -0.15) is 0 Å². The molecule has 0 aliphatic heterocycles. The highest BCUT2D eigenvalue weighted by atomic mass is 35.5. The molecule has 37 heavy (non-hydrogen) atoms. The second-order valence-corrected chi connectivity index (χ2v) is 10.6. The maximum absolute atomic E-state index is 13.7. The lowest BCUT2D eigenvalue weighted by Crippen LogP contribution is -2.23. The van der Waals surface area contributed by atoms with Crippen LogP contribution in [-0.2, 0) is 5.41 Å². The minimum absolute atomic E-state index is 0.299. The first-order chi connectivity index (χ1) is 17.7. The minimum Gasteiger partial charge on any atom is -0.493 e. The maximum atomic E-state index is 13.7. The molecule has 0 atom stereocenters. The van der Waals surface area contributed by atoms with Gasteiger partial charge in [-0.1, -0.05) is 54.9 Å². The first kappa shape index (κ1) is 27.2. The Labute approximate surface area is 230 Å². The van der Waals surface area contributed by atoms with Gasteiger partial charge in [0, 0.05) is 22.9 Å². The minimum atomic E-state index is -0.468. The number of imidazole rings is 1. The van der Waals surface area contributed by atoms with Crippen molar-refractivity contribution < 1.29 is 18.6 Å². The topological polar surface area (TPSA) is 45.5 Å². The molecule has 0 unspecified atom stereocenters. The molecule has 0 saturated heterocycles. The lowest BCUT2D eigenvalue weighted by atomic mass is 9.81. The van der Waals surface area contributed by atoms with Gasteiger partial charge in [0.1, 0.15) is 11.6 Å². The lowest BCUT2D eigenvalue weighted by molar-refractivity contribution is 0.330. The first-order valence-electron chi connectivity index (χ1n) is 11.5. The van der Waals surface area contributed by atoms with Crippen LogP contribution in [0.3, 0.4) is 0 Å². The summed E-state index contributed by atoms with van der Waals surface area (Å²) in [5, 5.41) is 1.76. The molecule has 4 aromatic rings. The van der Waals surface area contributed by atoms with Crippen LogP contribution in [-0.4, -0.2) is 36.1 Å². The summed E-state index contributed by atoms with van der Waals surface area (Å²) >= 11 is 14.0. The van der Waals surface area contributed by atoms with E-state index in [1.807, 2.05) is 29.0 Å². The molecule has 5 nitrogen and oxygen atoms in total. The van der Waals surface area contributed by atoms with Crippen LogP contribution in [0.25, 0.3) is 5.69 Å². The lowest BCUT2D eigenvalue weighted by Gasteiger charge is -2.28. The van der Waals surface area contributed by atoms with Gasteiger partial charge in [0.2, 0.25) is 0 Å². The van der Waals surface area contributed by atoms with E-state index >= 15 is 0 Å². The van der Waals surface area contributed by atoms with Crippen molar-refractivity contribution in [2.45, 2.75) is 24.4 Å². The largest absolute Gasteiger partial charge is 0.493 e. The molecule has 0 N–H and O–H groups in total. The fourth-order valence-corrected chi connectivity index (χ4v) is 5.06. The summed E-state index contributed by atoms with van der Waals surface area (Å²) in [4.78, 5) is 4.72. The monoisotopic (exact) mass is 560 g/mol. The van der Waals surface area contributed by atoms with Crippen molar-refractivity contribution in [1.82, 2.24) is 9.55 Å². The Morgan fingerprint density at radius 3 is 2.32 bits per heavy atom. The van der Waals surface area contributed by atoms with Crippen LogP contribution in [0.15, 0.2) is 72.0 Å². The zero-order valence-electron chi connectivity index (χ0n) is 20.9. The molecule has 0 radical (unpaired) electrons. The summed E-state index contributed by atoms with van der Waals surface area (Å²) in [7, 11) is 3.18. The molecule has 194 valence electrons. The molecule has 0 bridgehead atoms. The molecule has 4 rings (SSSR count). The predicted octanol–water partition coefficient (Wildman–Crippen LogP) is 7.83. The zero-order chi connectivity index (χ0) is 26.6. The highest BCUT2D eigenvalue weighted by Crippen LogP contribution is 2.38. The highest BCUT2D eigenvalue weighted by Gasteiger charge is 2.30. The summed E-state index contributed by atoms with van der Waals surface area (Å²) in [6.45, 7) is 4.64. The number of hydrogen-bond acceptors (Lipinski definition) is 5. The van der Waals surface area contributed by atoms with Gasteiger partial charge in [0.25, 0.3) is 0 Å². The van der Waals surface area contributed by atoms with Gasteiger partial charge in [0.05, 0.1) is 42.8 Å². The Balaban J connectivity index is 1.58. The molecule has 1 aromatic heterocycles. The van der Waals surface area contributed by atoms with Gasteiger partial charge in [-0.3, -0.25) is 4.57 Å². The molecular weight excluding hydrogens is 534 g/mol. The zero-order valence-corrected chi connectivity index (χ0v) is 23.3. The maximum Gasteiger partial charge on any atom is 0.172 e. The summed E-state index contributed by atoms with van der Waals surface area (Å²) in [5.41, 5.74) is 2.26. The van der Waals surface area contributed by atoms with Gasteiger partial charge in [-0.25, -0.2) is 9.37 Å². The number of aromatic nitrogens is 2. The molecule has 9 heteroatoms. The van der Waals surface area contributed by atoms with Crippen LogP contribution >= 0.6 is 35.0 Å².